The number of nitrogens with zero attached hydrogens (tertiary/aromatic N) is 3. The molecule has 0 aromatic carbocycles. The van der Waals surface area contributed by atoms with Gasteiger partial charge in [-0.2, -0.15) is 4.98 Å². The van der Waals surface area contributed by atoms with Crippen molar-refractivity contribution in [2.24, 2.45) is 0 Å². The van der Waals surface area contributed by atoms with Crippen LogP contribution in [0.2, 0.25) is 0 Å². The molecule has 1 N–H and O–H groups in total. The van der Waals surface area contributed by atoms with Crippen molar-refractivity contribution in [3.63, 3.8) is 0 Å². The smallest absolute Gasteiger partial charge is 0.225 e. The molecule has 0 amide bonds. The topological polar surface area (TPSA) is 59.9 Å². The summed E-state index contributed by atoms with van der Waals surface area (Å²) >= 11 is 1.67. The fraction of sp³-hybridized carbons (Fsp3) is 0.500. The first-order chi connectivity index (χ1) is 9.70. The third-order valence-corrected chi connectivity index (χ3v) is 3.87. The first kappa shape index (κ1) is 14.7. The van der Waals surface area contributed by atoms with Gasteiger partial charge >= 0.3 is 0 Å². The number of hydrogen-bond donors (Lipinski definition) is 1. The summed E-state index contributed by atoms with van der Waals surface area (Å²) in [5.41, 5.74) is 3.91. The zero-order valence-corrected chi connectivity index (χ0v) is 13.0. The molecule has 0 fully saturated rings. The van der Waals surface area contributed by atoms with Crippen LogP contribution >= 0.6 is 11.3 Å². The highest BCUT2D eigenvalue weighted by molar-refractivity contribution is 7.09. The molecule has 6 heteroatoms. The highest BCUT2D eigenvalue weighted by Gasteiger charge is 2.06. The summed E-state index contributed by atoms with van der Waals surface area (Å²) in [4.78, 5) is 14.1. The van der Waals surface area contributed by atoms with Crippen LogP contribution in [-0.4, -0.2) is 28.1 Å². The van der Waals surface area contributed by atoms with E-state index in [9.17, 15) is 0 Å². The average molecular weight is 292 g/mol. The van der Waals surface area contributed by atoms with Gasteiger partial charge in [0.1, 0.15) is 0 Å². The van der Waals surface area contributed by atoms with E-state index < -0.39 is 0 Å². The van der Waals surface area contributed by atoms with Crippen LogP contribution in [0.3, 0.4) is 0 Å². The normalized spacial score (nSPS) is 10.6. The lowest BCUT2D eigenvalue weighted by atomic mass is 10.3. The molecule has 0 radical (unpaired) electrons. The van der Waals surface area contributed by atoms with Crippen LogP contribution in [-0.2, 0) is 6.42 Å². The maximum atomic E-state index is 5.77. The van der Waals surface area contributed by atoms with Crippen LogP contribution in [0.15, 0.2) is 11.7 Å². The van der Waals surface area contributed by atoms with Crippen LogP contribution in [0.25, 0.3) is 0 Å². The second-order valence-electron chi connectivity index (χ2n) is 4.57. The van der Waals surface area contributed by atoms with Crippen molar-refractivity contribution in [3.05, 3.63) is 27.8 Å². The van der Waals surface area contributed by atoms with Crippen molar-refractivity contribution < 1.29 is 4.74 Å². The van der Waals surface area contributed by atoms with Crippen LogP contribution < -0.4 is 10.1 Å². The molecule has 2 aromatic heterocycles. The predicted octanol–water partition coefficient (Wildman–Crippen LogP) is 2.99. The monoisotopic (exact) mass is 292 g/mol. The molecule has 2 rings (SSSR count). The Bertz CT molecular complexity index is 556. The molecule has 0 atom stereocenters. The molecule has 20 heavy (non-hydrogen) atoms. The van der Waals surface area contributed by atoms with Gasteiger partial charge in [0, 0.05) is 29.6 Å². The van der Waals surface area contributed by atoms with E-state index in [1.54, 1.807) is 17.5 Å². The number of aromatic nitrogens is 3. The van der Waals surface area contributed by atoms with E-state index in [0.29, 0.717) is 18.4 Å². The molecular formula is C14H20N4OS. The van der Waals surface area contributed by atoms with E-state index in [2.05, 4.69) is 27.2 Å². The van der Waals surface area contributed by atoms with E-state index in [-0.39, 0.29) is 0 Å². The molecule has 0 bridgehead atoms. The number of rotatable bonds is 7. The van der Waals surface area contributed by atoms with E-state index in [4.69, 9.17) is 4.74 Å². The molecule has 0 saturated heterocycles. The van der Waals surface area contributed by atoms with E-state index in [0.717, 1.165) is 30.6 Å². The Balaban J connectivity index is 1.92. The van der Waals surface area contributed by atoms with Gasteiger partial charge in [-0.25, -0.2) is 9.97 Å². The molecule has 0 spiro atoms. The summed E-state index contributed by atoms with van der Waals surface area (Å²) in [7, 11) is 0. The molecule has 0 aliphatic heterocycles. The van der Waals surface area contributed by atoms with E-state index >= 15 is 0 Å². The Morgan fingerprint density at radius 1 is 1.30 bits per heavy atom. The standard InChI is InChI=1S/C14H20N4OS/c1-4-6-15-14-16-8-10(2)13(18-14)19-7-5-12-11(3)17-9-20-12/h8-9H,4-7H2,1-3H3,(H,15,16,18). The summed E-state index contributed by atoms with van der Waals surface area (Å²) in [6.45, 7) is 7.55. The van der Waals surface area contributed by atoms with Gasteiger partial charge in [-0.3, -0.25) is 0 Å². The van der Waals surface area contributed by atoms with Crippen molar-refractivity contribution in [1.82, 2.24) is 15.0 Å². The van der Waals surface area contributed by atoms with Crippen molar-refractivity contribution >= 4 is 17.3 Å². The van der Waals surface area contributed by atoms with Crippen LogP contribution in [0.1, 0.15) is 29.5 Å². The fourth-order valence-corrected chi connectivity index (χ4v) is 2.46. The van der Waals surface area contributed by atoms with Crippen molar-refractivity contribution in [2.45, 2.75) is 33.6 Å². The third-order valence-electron chi connectivity index (χ3n) is 2.87. The number of nitrogens with one attached hydrogen (secondary N) is 1. The van der Waals surface area contributed by atoms with Gasteiger partial charge in [0.25, 0.3) is 0 Å². The van der Waals surface area contributed by atoms with E-state index in [1.807, 2.05) is 19.4 Å². The quantitative estimate of drug-likeness (QED) is 0.850. The van der Waals surface area contributed by atoms with Crippen LogP contribution in [0.4, 0.5) is 5.95 Å². The number of ether oxygens (including phenoxy) is 1. The predicted molar refractivity (Wildman–Crippen MR) is 81.6 cm³/mol. The lowest BCUT2D eigenvalue weighted by Gasteiger charge is -2.09. The second-order valence-corrected chi connectivity index (χ2v) is 5.51. The summed E-state index contributed by atoms with van der Waals surface area (Å²) < 4.78 is 5.77. The van der Waals surface area contributed by atoms with Gasteiger partial charge in [0.2, 0.25) is 11.8 Å². The third kappa shape index (κ3) is 3.90. The number of thiazole rings is 1. The van der Waals surface area contributed by atoms with Gasteiger partial charge in [0.05, 0.1) is 17.8 Å². The van der Waals surface area contributed by atoms with Crippen molar-refractivity contribution in [2.75, 3.05) is 18.5 Å². The Morgan fingerprint density at radius 2 is 2.15 bits per heavy atom. The number of anilines is 1. The molecular weight excluding hydrogens is 272 g/mol. The highest BCUT2D eigenvalue weighted by Crippen LogP contribution is 2.17. The zero-order valence-electron chi connectivity index (χ0n) is 12.1. The minimum atomic E-state index is 0.605. The second kappa shape index (κ2) is 7.19. The minimum Gasteiger partial charge on any atom is -0.477 e. The Hall–Kier alpha value is -1.69. The molecule has 2 heterocycles. The maximum absolute atomic E-state index is 5.77. The molecule has 0 unspecified atom stereocenters. The largest absolute Gasteiger partial charge is 0.477 e. The minimum absolute atomic E-state index is 0.605. The average Bonchev–Trinajstić information content (AvgIpc) is 2.85. The Kier molecular flexibility index (Phi) is 5.29. The molecule has 0 aliphatic carbocycles. The summed E-state index contributed by atoms with van der Waals surface area (Å²) in [6.07, 6.45) is 3.69. The molecule has 108 valence electrons. The first-order valence-corrected chi connectivity index (χ1v) is 7.68. The van der Waals surface area contributed by atoms with Gasteiger partial charge in [-0.1, -0.05) is 6.92 Å². The molecule has 5 nitrogen and oxygen atoms in total. The lowest BCUT2D eigenvalue weighted by molar-refractivity contribution is 0.307. The molecule has 0 aliphatic rings. The Morgan fingerprint density at radius 3 is 2.85 bits per heavy atom. The van der Waals surface area contributed by atoms with Gasteiger partial charge in [0.15, 0.2) is 0 Å². The Labute approximate surface area is 123 Å². The van der Waals surface area contributed by atoms with Gasteiger partial charge < -0.3 is 10.1 Å². The van der Waals surface area contributed by atoms with Crippen LogP contribution in [0.5, 0.6) is 5.88 Å². The number of hydrogen-bond acceptors (Lipinski definition) is 6. The van der Waals surface area contributed by atoms with Crippen molar-refractivity contribution in [1.29, 1.82) is 0 Å². The summed E-state index contributed by atoms with van der Waals surface area (Å²) in [5, 5.41) is 3.16. The lowest BCUT2D eigenvalue weighted by Crippen LogP contribution is -2.08. The number of aryl methyl sites for hydroxylation is 2. The molecule has 0 saturated carbocycles. The first-order valence-electron chi connectivity index (χ1n) is 6.80. The van der Waals surface area contributed by atoms with Gasteiger partial charge in [-0.15, -0.1) is 11.3 Å². The van der Waals surface area contributed by atoms with E-state index in [1.165, 1.54) is 4.88 Å². The zero-order chi connectivity index (χ0) is 14.4. The highest BCUT2D eigenvalue weighted by atomic mass is 32.1. The van der Waals surface area contributed by atoms with Crippen molar-refractivity contribution in [3.8, 4) is 5.88 Å². The van der Waals surface area contributed by atoms with Gasteiger partial charge in [-0.05, 0) is 20.3 Å². The SMILES string of the molecule is CCCNc1ncc(C)c(OCCc2scnc2C)n1. The molecule has 2 aromatic rings. The maximum Gasteiger partial charge on any atom is 0.225 e. The fourth-order valence-electron chi connectivity index (χ4n) is 1.70. The van der Waals surface area contributed by atoms with Crippen LogP contribution in [0, 0.1) is 13.8 Å². The summed E-state index contributed by atoms with van der Waals surface area (Å²) in [6, 6.07) is 0. The summed E-state index contributed by atoms with van der Waals surface area (Å²) in [5.74, 6) is 1.28.